The Kier molecular flexibility index (Phi) is 5.21. The summed E-state index contributed by atoms with van der Waals surface area (Å²) < 4.78 is 13.9. The largest absolute Gasteiger partial charge is 0.339 e. The van der Waals surface area contributed by atoms with Crippen LogP contribution >= 0.6 is 12.4 Å². The maximum absolute atomic E-state index is 13.9. The highest BCUT2D eigenvalue weighted by atomic mass is 35.5. The number of piperidine rings is 1. The van der Waals surface area contributed by atoms with Gasteiger partial charge in [0.1, 0.15) is 5.82 Å². The maximum atomic E-state index is 13.9. The van der Waals surface area contributed by atoms with Gasteiger partial charge in [-0.25, -0.2) is 4.39 Å². The Labute approximate surface area is 139 Å². The van der Waals surface area contributed by atoms with Gasteiger partial charge < -0.3 is 10.2 Å². The zero-order valence-electron chi connectivity index (χ0n) is 12.6. The Morgan fingerprint density at radius 2 is 2.00 bits per heavy atom. The molecule has 8 heteroatoms. The molecule has 0 bridgehead atoms. The lowest BCUT2D eigenvalue weighted by Crippen LogP contribution is -2.44. The summed E-state index contributed by atoms with van der Waals surface area (Å²) in [4.78, 5) is 24.0. The van der Waals surface area contributed by atoms with Crippen molar-refractivity contribution in [2.24, 2.45) is 5.41 Å². The summed E-state index contributed by atoms with van der Waals surface area (Å²) in [6, 6.07) is 3.18. The molecule has 0 radical (unpaired) electrons. The monoisotopic (exact) mass is 343 g/mol. The topological polar surface area (TPSA) is 75.5 Å². The van der Waals surface area contributed by atoms with E-state index >= 15 is 0 Å². The summed E-state index contributed by atoms with van der Waals surface area (Å²) in [5, 5.41) is 14.0. The van der Waals surface area contributed by atoms with Crippen LogP contribution in [0.5, 0.6) is 0 Å². The molecule has 0 aromatic heterocycles. The molecule has 2 fully saturated rings. The molecule has 2 aliphatic heterocycles. The quantitative estimate of drug-likeness (QED) is 0.660. The smallest absolute Gasteiger partial charge is 0.272 e. The van der Waals surface area contributed by atoms with Gasteiger partial charge in [-0.2, -0.15) is 0 Å². The van der Waals surface area contributed by atoms with E-state index in [2.05, 4.69) is 5.32 Å². The molecule has 1 N–H and O–H groups in total. The summed E-state index contributed by atoms with van der Waals surface area (Å²) in [6.07, 6.45) is 2.96. The average molecular weight is 344 g/mol. The Bertz CT molecular complexity index is 610. The minimum Gasteiger partial charge on any atom is -0.339 e. The molecule has 23 heavy (non-hydrogen) atoms. The number of nitrogens with zero attached hydrogens (tertiary/aromatic N) is 2. The number of non-ortho nitro benzene ring substituents is 1. The Hall–Kier alpha value is -1.73. The van der Waals surface area contributed by atoms with E-state index in [4.69, 9.17) is 0 Å². The normalized spacial score (nSPS) is 19.4. The number of hydrogen-bond acceptors (Lipinski definition) is 4. The molecule has 0 atom stereocenters. The van der Waals surface area contributed by atoms with Crippen molar-refractivity contribution in [1.82, 2.24) is 10.2 Å². The minimum atomic E-state index is -0.831. The van der Waals surface area contributed by atoms with Gasteiger partial charge in [-0.05, 0) is 37.3 Å². The first-order chi connectivity index (χ1) is 10.5. The van der Waals surface area contributed by atoms with Crippen LogP contribution in [-0.2, 0) is 0 Å². The number of halogens is 2. The van der Waals surface area contributed by atoms with E-state index in [-0.39, 0.29) is 35.0 Å². The standard InChI is InChI=1S/C15H18FN3O3.ClH/c16-13-9-11(19(21)22)1-2-12(13)14(20)18-7-4-15(5-8-18)3-6-17-10-15;/h1-2,9,17H,3-8,10H2;1H. The first kappa shape index (κ1) is 17.6. The Morgan fingerprint density at radius 1 is 1.30 bits per heavy atom. The molecule has 2 aliphatic rings. The molecule has 2 heterocycles. The first-order valence-corrected chi connectivity index (χ1v) is 7.45. The van der Waals surface area contributed by atoms with Crippen LogP contribution in [0.2, 0.25) is 0 Å². The number of carbonyl (C=O) groups is 1. The summed E-state index contributed by atoms with van der Waals surface area (Å²) in [5.74, 6) is -1.21. The van der Waals surface area contributed by atoms with Crippen LogP contribution < -0.4 is 5.32 Å². The second kappa shape index (κ2) is 6.80. The summed E-state index contributed by atoms with van der Waals surface area (Å²) >= 11 is 0. The molecule has 0 unspecified atom stereocenters. The minimum absolute atomic E-state index is 0. The molecule has 126 valence electrons. The zero-order chi connectivity index (χ0) is 15.7. The van der Waals surface area contributed by atoms with Crippen molar-refractivity contribution in [3.8, 4) is 0 Å². The van der Waals surface area contributed by atoms with E-state index in [0.717, 1.165) is 38.4 Å². The van der Waals surface area contributed by atoms with E-state index in [0.29, 0.717) is 13.1 Å². The fraction of sp³-hybridized carbons (Fsp3) is 0.533. The number of nitro benzene ring substituents is 1. The lowest BCUT2D eigenvalue weighted by Gasteiger charge is -2.38. The number of likely N-dealkylation sites (tertiary alicyclic amines) is 1. The van der Waals surface area contributed by atoms with Gasteiger partial charge in [-0.3, -0.25) is 14.9 Å². The van der Waals surface area contributed by atoms with Crippen molar-refractivity contribution >= 4 is 24.0 Å². The number of nitrogens with one attached hydrogen (secondary N) is 1. The number of nitro groups is 1. The summed E-state index contributed by atoms with van der Waals surface area (Å²) in [7, 11) is 0. The van der Waals surface area contributed by atoms with Crippen molar-refractivity contribution in [3.63, 3.8) is 0 Å². The third kappa shape index (κ3) is 3.45. The second-order valence-electron chi connectivity index (χ2n) is 6.14. The van der Waals surface area contributed by atoms with Gasteiger partial charge in [-0.15, -0.1) is 12.4 Å². The van der Waals surface area contributed by atoms with Gasteiger partial charge in [0.15, 0.2) is 0 Å². The third-order valence-corrected chi connectivity index (χ3v) is 4.84. The summed E-state index contributed by atoms with van der Waals surface area (Å²) in [5.41, 5.74) is -0.153. The number of rotatable bonds is 2. The predicted molar refractivity (Wildman–Crippen MR) is 85.4 cm³/mol. The van der Waals surface area contributed by atoms with Crippen molar-refractivity contribution < 1.29 is 14.1 Å². The van der Waals surface area contributed by atoms with Crippen molar-refractivity contribution in [1.29, 1.82) is 0 Å². The molecule has 1 amide bonds. The van der Waals surface area contributed by atoms with Crippen LogP contribution in [0, 0.1) is 21.3 Å². The molecular formula is C15H19ClFN3O3. The van der Waals surface area contributed by atoms with Crippen molar-refractivity contribution in [3.05, 3.63) is 39.7 Å². The van der Waals surface area contributed by atoms with Crippen LogP contribution in [0.4, 0.5) is 10.1 Å². The number of carbonyl (C=O) groups excluding carboxylic acids is 1. The van der Waals surface area contributed by atoms with Crippen LogP contribution in [0.3, 0.4) is 0 Å². The SMILES string of the molecule is Cl.O=C(c1ccc([N+](=O)[O-])cc1F)N1CCC2(CCNC2)CC1. The third-order valence-electron chi connectivity index (χ3n) is 4.84. The van der Waals surface area contributed by atoms with Gasteiger partial charge in [0.25, 0.3) is 11.6 Å². The van der Waals surface area contributed by atoms with E-state index in [1.165, 1.54) is 12.1 Å². The molecule has 1 aromatic carbocycles. The highest BCUT2D eigenvalue weighted by Crippen LogP contribution is 2.37. The highest BCUT2D eigenvalue weighted by molar-refractivity contribution is 5.94. The van der Waals surface area contributed by atoms with Crippen molar-refractivity contribution in [2.75, 3.05) is 26.2 Å². The molecule has 0 saturated carbocycles. The van der Waals surface area contributed by atoms with Crippen LogP contribution in [0.1, 0.15) is 29.6 Å². The lowest BCUT2D eigenvalue weighted by atomic mass is 9.78. The molecule has 2 saturated heterocycles. The van der Waals surface area contributed by atoms with Crippen LogP contribution in [-0.4, -0.2) is 41.9 Å². The summed E-state index contributed by atoms with van der Waals surface area (Å²) in [6.45, 7) is 3.22. The number of benzene rings is 1. The average Bonchev–Trinajstić information content (AvgIpc) is 2.95. The van der Waals surface area contributed by atoms with E-state index in [9.17, 15) is 19.3 Å². The zero-order valence-corrected chi connectivity index (χ0v) is 13.4. The van der Waals surface area contributed by atoms with Gasteiger partial charge in [0, 0.05) is 25.7 Å². The van der Waals surface area contributed by atoms with E-state index in [1.807, 2.05) is 0 Å². The molecule has 6 nitrogen and oxygen atoms in total. The van der Waals surface area contributed by atoms with E-state index < -0.39 is 10.7 Å². The Balaban J connectivity index is 0.00000192. The lowest BCUT2D eigenvalue weighted by molar-refractivity contribution is -0.385. The van der Waals surface area contributed by atoms with Crippen LogP contribution in [0.15, 0.2) is 18.2 Å². The predicted octanol–water partition coefficient (Wildman–Crippen LogP) is 2.37. The fourth-order valence-electron chi connectivity index (χ4n) is 3.37. The molecule has 0 aliphatic carbocycles. The van der Waals surface area contributed by atoms with E-state index in [1.54, 1.807) is 4.90 Å². The Morgan fingerprint density at radius 3 is 2.52 bits per heavy atom. The highest BCUT2D eigenvalue weighted by Gasteiger charge is 2.38. The molecular weight excluding hydrogens is 325 g/mol. The van der Waals surface area contributed by atoms with Gasteiger partial charge in [0.05, 0.1) is 16.6 Å². The van der Waals surface area contributed by atoms with Crippen LogP contribution in [0.25, 0.3) is 0 Å². The molecule has 3 rings (SSSR count). The van der Waals surface area contributed by atoms with Gasteiger partial charge in [0.2, 0.25) is 0 Å². The molecule has 1 spiro atoms. The fourth-order valence-corrected chi connectivity index (χ4v) is 3.37. The first-order valence-electron chi connectivity index (χ1n) is 7.45. The number of hydrogen-bond donors (Lipinski definition) is 1. The molecule has 1 aromatic rings. The van der Waals surface area contributed by atoms with Gasteiger partial charge in [-0.1, -0.05) is 0 Å². The van der Waals surface area contributed by atoms with Gasteiger partial charge >= 0.3 is 0 Å². The van der Waals surface area contributed by atoms with Crippen molar-refractivity contribution in [2.45, 2.75) is 19.3 Å². The number of amides is 1. The maximum Gasteiger partial charge on any atom is 0.272 e. The second-order valence-corrected chi connectivity index (χ2v) is 6.14.